The van der Waals surface area contributed by atoms with Crippen LogP contribution >= 0.6 is 0 Å². The molecule has 2 aliphatic carbocycles. The molecule has 0 N–H and O–H groups in total. The lowest BCUT2D eigenvalue weighted by Gasteiger charge is -2.34. The lowest BCUT2D eigenvalue weighted by molar-refractivity contribution is 0.660. The van der Waals surface area contributed by atoms with Crippen LogP contribution in [0.15, 0.2) is 200 Å². The molecule has 1 heteroatoms. The van der Waals surface area contributed by atoms with Crippen LogP contribution < -0.4 is 4.90 Å². The van der Waals surface area contributed by atoms with E-state index in [-0.39, 0.29) is 5.41 Å². The van der Waals surface area contributed by atoms with E-state index < -0.39 is 5.41 Å². The molecule has 0 aromatic heterocycles. The largest absolute Gasteiger partial charge is 0.310 e. The molecule has 8 aromatic rings. The second kappa shape index (κ2) is 12.1. The Morgan fingerprint density at radius 2 is 0.849 bits per heavy atom. The Morgan fingerprint density at radius 1 is 0.340 bits per heavy atom. The summed E-state index contributed by atoms with van der Waals surface area (Å²) in [6, 6.07) is 73.8. The van der Waals surface area contributed by atoms with E-state index in [9.17, 15) is 0 Å². The summed E-state index contributed by atoms with van der Waals surface area (Å²) in [5, 5.41) is 0. The molecule has 252 valence electrons. The van der Waals surface area contributed by atoms with Crippen LogP contribution in [0.25, 0.3) is 33.4 Å². The van der Waals surface area contributed by atoms with Crippen LogP contribution in [0.1, 0.15) is 47.2 Å². The zero-order valence-corrected chi connectivity index (χ0v) is 30.0. The van der Waals surface area contributed by atoms with Crippen molar-refractivity contribution in [2.24, 2.45) is 0 Å². The molecule has 0 atom stereocenters. The molecule has 1 nitrogen and oxygen atoms in total. The zero-order chi connectivity index (χ0) is 35.6. The third kappa shape index (κ3) is 4.64. The van der Waals surface area contributed by atoms with Crippen molar-refractivity contribution < 1.29 is 0 Å². The Bertz CT molecular complexity index is 2600. The quantitative estimate of drug-likeness (QED) is 0.169. The molecule has 0 aliphatic heterocycles. The first kappa shape index (κ1) is 31.3. The minimum Gasteiger partial charge on any atom is -0.310 e. The van der Waals surface area contributed by atoms with Crippen LogP contribution in [0.5, 0.6) is 0 Å². The van der Waals surface area contributed by atoms with Gasteiger partial charge in [-0.25, -0.2) is 0 Å². The number of benzene rings is 8. The number of nitrogens with zero attached hydrogens (tertiary/aromatic N) is 1. The Labute approximate surface area is 312 Å². The van der Waals surface area contributed by atoms with Crippen LogP contribution in [0.3, 0.4) is 0 Å². The fourth-order valence-corrected chi connectivity index (χ4v) is 9.40. The predicted octanol–water partition coefficient (Wildman–Crippen LogP) is 13.5. The number of hydrogen-bond acceptors (Lipinski definition) is 1. The van der Waals surface area contributed by atoms with Gasteiger partial charge in [-0.3, -0.25) is 0 Å². The third-order valence-corrected chi connectivity index (χ3v) is 11.7. The summed E-state index contributed by atoms with van der Waals surface area (Å²) in [4.78, 5) is 2.41. The number of rotatable bonds is 6. The molecule has 10 rings (SSSR count). The van der Waals surface area contributed by atoms with Gasteiger partial charge in [-0.1, -0.05) is 178 Å². The van der Waals surface area contributed by atoms with Crippen molar-refractivity contribution in [2.45, 2.75) is 24.7 Å². The molecule has 0 spiro atoms. The van der Waals surface area contributed by atoms with Crippen LogP contribution in [-0.4, -0.2) is 0 Å². The van der Waals surface area contributed by atoms with E-state index in [0.29, 0.717) is 0 Å². The van der Waals surface area contributed by atoms with Gasteiger partial charge in [0.1, 0.15) is 0 Å². The highest BCUT2D eigenvalue weighted by atomic mass is 15.1. The normalized spacial score (nSPS) is 14.2. The van der Waals surface area contributed by atoms with E-state index in [1.165, 1.54) is 66.8 Å². The number of fused-ring (bicyclic) bond motifs is 6. The molecule has 0 fully saturated rings. The fourth-order valence-electron chi connectivity index (χ4n) is 9.40. The molecule has 0 radical (unpaired) electrons. The molecule has 0 saturated carbocycles. The lowest BCUT2D eigenvalue weighted by atomic mass is 9.67. The van der Waals surface area contributed by atoms with Gasteiger partial charge in [0.25, 0.3) is 0 Å². The summed E-state index contributed by atoms with van der Waals surface area (Å²) in [7, 11) is 0. The highest BCUT2D eigenvalue weighted by Crippen LogP contribution is 2.58. The van der Waals surface area contributed by atoms with Crippen molar-refractivity contribution in [3.05, 3.63) is 234 Å². The smallest absolute Gasteiger partial charge is 0.0713 e. The van der Waals surface area contributed by atoms with Crippen LogP contribution in [0.4, 0.5) is 17.1 Å². The van der Waals surface area contributed by atoms with E-state index in [1.54, 1.807) is 0 Å². The van der Waals surface area contributed by atoms with Crippen molar-refractivity contribution in [1.29, 1.82) is 0 Å². The molecular formula is C52H39N. The standard InChI is InChI=1S/C52H39N/c1-51(2)46-29-14-12-26-43(46)44-33-32-41(35-49(44)51)53(39-23-10-5-11-24-39)40-25-16-18-36(34-40)42-28-17-31-48-50(42)45-27-13-15-30-47(45)52(48,37-19-6-3-7-20-37)38-21-8-4-9-22-38/h3-35H,1-2H3. The van der Waals surface area contributed by atoms with Crippen LogP contribution in [0.2, 0.25) is 0 Å². The molecule has 0 saturated heterocycles. The summed E-state index contributed by atoms with van der Waals surface area (Å²) < 4.78 is 0. The minimum atomic E-state index is -0.438. The number of hydrogen-bond donors (Lipinski definition) is 0. The van der Waals surface area contributed by atoms with Crippen molar-refractivity contribution in [1.82, 2.24) is 0 Å². The van der Waals surface area contributed by atoms with Gasteiger partial charge in [-0.2, -0.15) is 0 Å². The van der Waals surface area contributed by atoms with Gasteiger partial charge >= 0.3 is 0 Å². The topological polar surface area (TPSA) is 3.24 Å². The van der Waals surface area contributed by atoms with Crippen molar-refractivity contribution in [3.8, 4) is 33.4 Å². The Hall–Kier alpha value is -6.44. The molecule has 2 aliphatic rings. The monoisotopic (exact) mass is 677 g/mol. The summed E-state index contributed by atoms with van der Waals surface area (Å²) >= 11 is 0. The number of para-hydroxylation sites is 1. The first-order valence-corrected chi connectivity index (χ1v) is 18.6. The van der Waals surface area contributed by atoms with Crippen LogP contribution in [0, 0.1) is 0 Å². The molecule has 8 aromatic carbocycles. The van der Waals surface area contributed by atoms with Gasteiger partial charge in [0.2, 0.25) is 0 Å². The molecule has 0 bridgehead atoms. The second-order valence-corrected chi connectivity index (χ2v) is 14.9. The van der Waals surface area contributed by atoms with E-state index in [4.69, 9.17) is 0 Å². The van der Waals surface area contributed by atoms with Gasteiger partial charge in [0.05, 0.1) is 5.41 Å². The van der Waals surface area contributed by atoms with E-state index in [0.717, 1.165) is 17.1 Å². The molecule has 53 heavy (non-hydrogen) atoms. The zero-order valence-electron chi connectivity index (χ0n) is 30.0. The van der Waals surface area contributed by atoms with Gasteiger partial charge in [0.15, 0.2) is 0 Å². The summed E-state index contributed by atoms with van der Waals surface area (Å²) in [6.07, 6.45) is 0. The van der Waals surface area contributed by atoms with Gasteiger partial charge in [-0.15, -0.1) is 0 Å². The van der Waals surface area contributed by atoms with Crippen molar-refractivity contribution in [3.63, 3.8) is 0 Å². The van der Waals surface area contributed by atoms with E-state index in [1.807, 2.05) is 0 Å². The van der Waals surface area contributed by atoms with Gasteiger partial charge < -0.3 is 4.90 Å². The molecule has 0 heterocycles. The Kier molecular flexibility index (Phi) is 7.13. The SMILES string of the molecule is CC1(C)c2ccccc2-c2ccc(N(c3ccccc3)c3cccc(-c4cccc5c4-c4ccccc4C5(c4ccccc4)c4ccccc4)c3)cc21. The molecule has 0 unspecified atom stereocenters. The first-order chi connectivity index (χ1) is 26.1. The number of anilines is 3. The minimum absolute atomic E-state index is 0.0892. The van der Waals surface area contributed by atoms with E-state index >= 15 is 0 Å². The first-order valence-electron chi connectivity index (χ1n) is 18.6. The average Bonchev–Trinajstić information content (AvgIpc) is 3.65. The summed E-state index contributed by atoms with van der Waals surface area (Å²) in [6.45, 7) is 4.71. The summed E-state index contributed by atoms with van der Waals surface area (Å²) in [5.74, 6) is 0. The Morgan fingerprint density at radius 3 is 1.57 bits per heavy atom. The van der Waals surface area contributed by atoms with E-state index in [2.05, 4.69) is 219 Å². The maximum Gasteiger partial charge on any atom is 0.0713 e. The molecular weight excluding hydrogens is 639 g/mol. The average molecular weight is 678 g/mol. The maximum atomic E-state index is 2.42. The third-order valence-electron chi connectivity index (χ3n) is 11.7. The van der Waals surface area contributed by atoms with Crippen molar-refractivity contribution in [2.75, 3.05) is 4.90 Å². The van der Waals surface area contributed by atoms with Crippen LogP contribution in [-0.2, 0) is 10.8 Å². The highest BCUT2D eigenvalue weighted by molar-refractivity contribution is 5.96. The summed E-state index contributed by atoms with van der Waals surface area (Å²) in [5.41, 5.74) is 18.5. The predicted molar refractivity (Wildman–Crippen MR) is 221 cm³/mol. The molecule has 0 amide bonds. The lowest BCUT2D eigenvalue weighted by Crippen LogP contribution is -2.28. The maximum absolute atomic E-state index is 2.42. The van der Waals surface area contributed by atoms with Crippen molar-refractivity contribution >= 4 is 17.1 Å². The van der Waals surface area contributed by atoms with Gasteiger partial charge in [-0.05, 0) is 103 Å². The Balaban J connectivity index is 1.17. The highest BCUT2D eigenvalue weighted by Gasteiger charge is 2.46. The second-order valence-electron chi connectivity index (χ2n) is 14.9. The fraction of sp³-hybridized carbons (Fsp3) is 0.0769. The van der Waals surface area contributed by atoms with Gasteiger partial charge in [0, 0.05) is 22.5 Å².